The second kappa shape index (κ2) is 3.06. The minimum absolute atomic E-state index is 0.204. The lowest BCUT2D eigenvalue weighted by atomic mass is 10.2. The van der Waals surface area contributed by atoms with Gasteiger partial charge in [0, 0.05) is 0 Å². The Morgan fingerprint density at radius 2 is 2.15 bits per heavy atom. The summed E-state index contributed by atoms with van der Waals surface area (Å²) in [5, 5.41) is 6.32. The zero-order valence-electron chi connectivity index (χ0n) is 6.45. The lowest BCUT2D eigenvalue weighted by molar-refractivity contribution is 0.527. The van der Waals surface area contributed by atoms with E-state index in [1.807, 2.05) is 0 Å². The molecule has 0 atom stereocenters. The number of aromatic nitrogens is 2. The minimum atomic E-state index is -0.588. The summed E-state index contributed by atoms with van der Waals surface area (Å²) >= 11 is 5.85. The van der Waals surface area contributed by atoms with Gasteiger partial charge in [-0.3, -0.25) is 0 Å². The minimum Gasteiger partial charge on any atom is -0.388 e. The van der Waals surface area contributed by atoms with Gasteiger partial charge in [-0.15, -0.1) is 5.10 Å². The first-order valence-electron chi connectivity index (χ1n) is 3.58. The van der Waals surface area contributed by atoms with E-state index in [0.29, 0.717) is 10.6 Å². The second-order valence-corrected chi connectivity index (χ2v) is 2.81. The Bertz CT molecular complexity index is 475. The van der Waals surface area contributed by atoms with Crippen molar-refractivity contribution in [3.63, 3.8) is 0 Å². The maximum absolute atomic E-state index is 10.6. The molecule has 66 valence electrons. The average Bonchev–Trinajstić information content (AvgIpc) is 2.53. The fourth-order valence-corrected chi connectivity index (χ4v) is 1.20. The molecule has 0 bridgehead atoms. The molecule has 0 radical (unpaired) electrons. The van der Waals surface area contributed by atoms with Gasteiger partial charge in [0.1, 0.15) is 0 Å². The summed E-state index contributed by atoms with van der Waals surface area (Å²) < 4.78 is 4.74. The third-order valence-electron chi connectivity index (χ3n) is 1.54. The smallest absolute Gasteiger partial charge is 0.388 e. The van der Waals surface area contributed by atoms with Crippen LogP contribution in [0, 0.1) is 0 Å². The van der Waals surface area contributed by atoms with E-state index >= 15 is 0 Å². The molecule has 1 aromatic heterocycles. The number of aromatic amines is 1. The zero-order chi connectivity index (χ0) is 9.26. The van der Waals surface area contributed by atoms with Gasteiger partial charge in [-0.25, -0.2) is 9.89 Å². The Morgan fingerprint density at radius 3 is 2.77 bits per heavy atom. The van der Waals surface area contributed by atoms with Crippen molar-refractivity contribution < 1.29 is 4.42 Å². The molecule has 0 amide bonds. The van der Waals surface area contributed by atoms with Gasteiger partial charge in [-0.1, -0.05) is 23.7 Å². The standard InChI is InChI=1S/C8H5ClN2O2/c9-6-4-2-1-3-5(6)7-10-11-8(12)13-7/h1-4H,(H,11,12). The van der Waals surface area contributed by atoms with Crippen molar-refractivity contribution in [1.82, 2.24) is 10.2 Å². The van der Waals surface area contributed by atoms with Crippen molar-refractivity contribution in [1.29, 1.82) is 0 Å². The Labute approximate surface area is 78.2 Å². The van der Waals surface area contributed by atoms with Crippen molar-refractivity contribution in [3.05, 3.63) is 39.8 Å². The Morgan fingerprint density at radius 1 is 1.38 bits per heavy atom. The van der Waals surface area contributed by atoms with E-state index in [0.717, 1.165) is 0 Å². The van der Waals surface area contributed by atoms with Gasteiger partial charge in [0.2, 0.25) is 0 Å². The van der Waals surface area contributed by atoms with Crippen LogP contribution in [-0.4, -0.2) is 10.2 Å². The maximum Gasteiger partial charge on any atom is 0.434 e. The van der Waals surface area contributed by atoms with Crippen molar-refractivity contribution in [3.8, 4) is 11.5 Å². The lowest BCUT2D eigenvalue weighted by Gasteiger charge is -1.95. The molecule has 1 N–H and O–H groups in total. The summed E-state index contributed by atoms with van der Waals surface area (Å²) in [6.45, 7) is 0. The van der Waals surface area contributed by atoms with Crippen molar-refractivity contribution in [2.75, 3.05) is 0 Å². The number of hydrogen-bond acceptors (Lipinski definition) is 3. The second-order valence-electron chi connectivity index (χ2n) is 2.40. The van der Waals surface area contributed by atoms with Gasteiger partial charge in [0.15, 0.2) is 0 Å². The molecule has 13 heavy (non-hydrogen) atoms. The Balaban J connectivity index is 2.58. The van der Waals surface area contributed by atoms with E-state index in [-0.39, 0.29) is 5.89 Å². The predicted octanol–water partition coefficient (Wildman–Crippen LogP) is 1.68. The highest BCUT2D eigenvalue weighted by molar-refractivity contribution is 6.33. The van der Waals surface area contributed by atoms with Crippen molar-refractivity contribution in [2.24, 2.45) is 0 Å². The molecule has 2 rings (SSSR count). The van der Waals surface area contributed by atoms with Crippen LogP contribution in [0.3, 0.4) is 0 Å². The molecular formula is C8H5ClN2O2. The van der Waals surface area contributed by atoms with Gasteiger partial charge in [0.05, 0.1) is 10.6 Å². The first-order chi connectivity index (χ1) is 6.27. The highest BCUT2D eigenvalue weighted by Crippen LogP contribution is 2.24. The van der Waals surface area contributed by atoms with Crippen LogP contribution in [0.15, 0.2) is 33.5 Å². The van der Waals surface area contributed by atoms with E-state index in [4.69, 9.17) is 16.0 Å². The zero-order valence-corrected chi connectivity index (χ0v) is 7.21. The highest BCUT2D eigenvalue weighted by Gasteiger charge is 2.07. The third kappa shape index (κ3) is 1.48. The molecule has 0 spiro atoms. The number of H-pyrrole nitrogens is 1. The summed E-state index contributed by atoms with van der Waals surface area (Å²) in [6.07, 6.45) is 0. The van der Waals surface area contributed by atoms with E-state index in [1.54, 1.807) is 24.3 Å². The van der Waals surface area contributed by atoms with E-state index in [9.17, 15) is 4.79 Å². The van der Waals surface area contributed by atoms with Crippen LogP contribution in [0.5, 0.6) is 0 Å². The summed E-state index contributed by atoms with van der Waals surface area (Å²) in [6, 6.07) is 7.00. The molecular weight excluding hydrogens is 192 g/mol. The van der Waals surface area contributed by atoms with Gasteiger partial charge in [-0.05, 0) is 12.1 Å². The quantitative estimate of drug-likeness (QED) is 0.755. The molecule has 0 unspecified atom stereocenters. The number of nitrogens with one attached hydrogen (secondary N) is 1. The normalized spacial score (nSPS) is 10.2. The monoisotopic (exact) mass is 196 g/mol. The summed E-state index contributed by atoms with van der Waals surface area (Å²) in [5.41, 5.74) is 0.600. The number of halogens is 1. The van der Waals surface area contributed by atoms with Crippen LogP contribution in [0.25, 0.3) is 11.5 Å². The molecule has 1 aromatic carbocycles. The molecule has 0 aliphatic rings. The molecule has 0 saturated carbocycles. The number of rotatable bonds is 1. The third-order valence-corrected chi connectivity index (χ3v) is 1.87. The van der Waals surface area contributed by atoms with Crippen molar-refractivity contribution >= 4 is 11.6 Å². The van der Waals surface area contributed by atoms with Gasteiger partial charge in [0.25, 0.3) is 5.89 Å². The van der Waals surface area contributed by atoms with Gasteiger partial charge in [-0.2, -0.15) is 0 Å². The van der Waals surface area contributed by atoms with E-state index in [1.165, 1.54) is 0 Å². The van der Waals surface area contributed by atoms with Crippen LogP contribution in [-0.2, 0) is 0 Å². The Hall–Kier alpha value is -1.55. The maximum atomic E-state index is 10.6. The van der Waals surface area contributed by atoms with Crippen molar-refractivity contribution in [2.45, 2.75) is 0 Å². The van der Waals surface area contributed by atoms with Crippen LogP contribution >= 0.6 is 11.6 Å². The summed E-state index contributed by atoms with van der Waals surface area (Å²) in [4.78, 5) is 10.6. The molecule has 1 heterocycles. The molecule has 0 aliphatic heterocycles. The SMILES string of the molecule is O=c1[nH]nc(-c2ccccc2Cl)o1. The molecule has 5 heteroatoms. The fourth-order valence-electron chi connectivity index (χ4n) is 0.980. The molecule has 4 nitrogen and oxygen atoms in total. The van der Waals surface area contributed by atoms with E-state index in [2.05, 4.69) is 10.2 Å². The molecule has 0 saturated heterocycles. The van der Waals surface area contributed by atoms with Gasteiger partial charge >= 0.3 is 5.76 Å². The number of hydrogen-bond donors (Lipinski definition) is 1. The molecule has 0 fully saturated rings. The fraction of sp³-hybridized carbons (Fsp3) is 0. The molecule has 2 aromatic rings. The first kappa shape index (κ1) is 8.07. The summed E-state index contributed by atoms with van der Waals surface area (Å²) in [5.74, 6) is -0.384. The van der Waals surface area contributed by atoms with Crippen LogP contribution in [0.1, 0.15) is 0 Å². The highest BCUT2D eigenvalue weighted by atomic mass is 35.5. The van der Waals surface area contributed by atoms with Crippen LogP contribution in [0.2, 0.25) is 5.02 Å². The largest absolute Gasteiger partial charge is 0.434 e. The van der Waals surface area contributed by atoms with Gasteiger partial charge < -0.3 is 4.42 Å². The predicted molar refractivity (Wildman–Crippen MR) is 47.6 cm³/mol. The summed E-state index contributed by atoms with van der Waals surface area (Å²) in [7, 11) is 0. The Kier molecular flexibility index (Phi) is 1.90. The van der Waals surface area contributed by atoms with Crippen LogP contribution < -0.4 is 5.76 Å². The molecule has 0 aliphatic carbocycles. The lowest BCUT2D eigenvalue weighted by Crippen LogP contribution is -1.93. The van der Waals surface area contributed by atoms with E-state index < -0.39 is 5.76 Å². The number of benzene rings is 1. The average molecular weight is 197 g/mol. The topological polar surface area (TPSA) is 58.9 Å². The number of nitrogens with zero attached hydrogens (tertiary/aromatic N) is 1. The first-order valence-corrected chi connectivity index (χ1v) is 3.95. The van der Waals surface area contributed by atoms with Crippen LogP contribution in [0.4, 0.5) is 0 Å².